The molecule has 0 aliphatic carbocycles. The Balaban J connectivity index is 1.65. The van der Waals surface area contributed by atoms with Crippen LogP contribution >= 0.6 is 0 Å². The molecule has 1 aliphatic heterocycles. The first-order valence-corrected chi connectivity index (χ1v) is 8.19. The first kappa shape index (κ1) is 17.5. The van der Waals surface area contributed by atoms with Crippen molar-refractivity contribution in [3.05, 3.63) is 60.2 Å². The van der Waals surface area contributed by atoms with Crippen LogP contribution in [0.15, 0.2) is 54.6 Å². The zero-order valence-electron chi connectivity index (χ0n) is 14.3. The monoisotopic (exact) mass is 353 g/mol. The quantitative estimate of drug-likeness (QED) is 0.837. The van der Waals surface area contributed by atoms with Gasteiger partial charge in [-0.25, -0.2) is 9.59 Å². The fourth-order valence-electron chi connectivity index (χ4n) is 2.82. The second-order valence-electron chi connectivity index (χ2n) is 5.78. The molecule has 7 nitrogen and oxygen atoms in total. The smallest absolute Gasteiger partial charge is 0.339 e. The molecule has 1 aliphatic rings. The molecule has 1 N–H and O–H groups in total. The van der Waals surface area contributed by atoms with Crippen molar-refractivity contribution in [1.29, 1.82) is 0 Å². The predicted molar refractivity (Wildman–Crippen MR) is 97.2 cm³/mol. The maximum Gasteiger partial charge on any atom is 0.339 e. The van der Waals surface area contributed by atoms with Crippen LogP contribution in [0.25, 0.3) is 0 Å². The van der Waals surface area contributed by atoms with E-state index in [2.05, 4.69) is 5.32 Å². The standard InChI is InChI=1S/C19H19N3O4/c1-26-18(24)15-9-5-6-10-16(15)20-17(23)13-21-11-12-22(19(21)25)14-7-3-2-4-8-14/h2-10H,11-13H2,1H3,(H,20,23). The molecule has 1 fully saturated rings. The highest BCUT2D eigenvalue weighted by Crippen LogP contribution is 2.20. The lowest BCUT2D eigenvalue weighted by Crippen LogP contribution is -2.37. The first-order valence-electron chi connectivity index (χ1n) is 8.19. The molecule has 2 aromatic rings. The number of urea groups is 1. The SMILES string of the molecule is COC(=O)c1ccccc1NC(=O)CN1CCN(c2ccccc2)C1=O. The van der Waals surface area contributed by atoms with E-state index in [1.165, 1.54) is 12.0 Å². The minimum absolute atomic E-state index is 0.0856. The van der Waals surface area contributed by atoms with Crippen LogP contribution in [0, 0.1) is 0 Å². The molecule has 0 radical (unpaired) electrons. The predicted octanol–water partition coefficient (Wildman–Crippen LogP) is 2.35. The zero-order valence-corrected chi connectivity index (χ0v) is 14.3. The Morgan fingerprint density at radius 3 is 2.46 bits per heavy atom. The molecule has 2 aromatic carbocycles. The van der Waals surface area contributed by atoms with Crippen molar-refractivity contribution in [2.24, 2.45) is 0 Å². The number of rotatable bonds is 5. The van der Waals surface area contributed by atoms with Crippen molar-refractivity contribution in [2.45, 2.75) is 0 Å². The molecule has 1 saturated heterocycles. The maximum atomic E-state index is 12.5. The third-order valence-electron chi connectivity index (χ3n) is 4.10. The highest BCUT2D eigenvalue weighted by Gasteiger charge is 2.30. The Morgan fingerprint density at radius 2 is 1.73 bits per heavy atom. The molecule has 3 amide bonds. The van der Waals surface area contributed by atoms with Crippen LogP contribution in [0.1, 0.15) is 10.4 Å². The summed E-state index contributed by atoms with van der Waals surface area (Å²) in [6.07, 6.45) is 0. The average molecular weight is 353 g/mol. The lowest BCUT2D eigenvalue weighted by molar-refractivity contribution is -0.116. The number of methoxy groups -OCH3 is 1. The lowest BCUT2D eigenvalue weighted by atomic mass is 10.2. The molecular weight excluding hydrogens is 334 g/mol. The molecule has 0 bridgehead atoms. The van der Waals surface area contributed by atoms with E-state index < -0.39 is 5.97 Å². The molecule has 1 heterocycles. The summed E-state index contributed by atoms with van der Waals surface area (Å²) >= 11 is 0. The largest absolute Gasteiger partial charge is 0.465 e. The average Bonchev–Trinajstić information content (AvgIpc) is 3.02. The number of benzene rings is 2. The number of hydrogen-bond donors (Lipinski definition) is 1. The number of hydrogen-bond acceptors (Lipinski definition) is 4. The number of amides is 3. The van der Waals surface area contributed by atoms with E-state index >= 15 is 0 Å². The normalized spacial score (nSPS) is 13.7. The summed E-state index contributed by atoms with van der Waals surface area (Å²) in [5, 5.41) is 2.68. The van der Waals surface area contributed by atoms with Gasteiger partial charge in [-0.1, -0.05) is 30.3 Å². The van der Waals surface area contributed by atoms with Crippen molar-refractivity contribution in [2.75, 3.05) is 37.0 Å². The van der Waals surface area contributed by atoms with E-state index in [4.69, 9.17) is 4.74 Å². The van der Waals surface area contributed by atoms with Crippen LogP contribution < -0.4 is 10.2 Å². The van der Waals surface area contributed by atoms with Crippen molar-refractivity contribution < 1.29 is 19.1 Å². The maximum absolute atomic E-state index is 12.5. The molecule has 0 spiro atoms. The summed E-state index contributed by atoms with van der Waals surface area (Å²) in [4.78, 5) is 39.7. The van der Waals surface area contributed by atoms with Crippen molar-refractivity contribution in [1.82, 2.24) is 4.90 Å². The van der Waals surface area contributed by atoms with Gasteiger partial charge in [0.15, 0.2) is 0 Å². The number of para-hydroxylation sites is 2. The molecule has 7 heteroatoms. The van der Waals surface area contributed by atoms with Gasteiger partial charge in [0.1, 0.15) is 6.54 Å². The fraction of sp³-hybridized carbons (Fsp3) is 0.211. The number of carbonyl (C=O) groups is 3. The van der Waals surface area contributed by atoms with E-state index in [1.807, 2.05) is 30.3 Å². The van der Waals surface area contributed by atoms with Crippen molar-refractivity contribution >= 4 is 29.3 Å². The van der Waals surface area contributed by atoms with Crippen LogP contribution in [-0.2, 0) is 9.53 Å². The van der Waals surface area contributed by atoms with Crippen LogP contribution in [-0.4, -0.2) is 49.6 Å². The van der Waals surface area contributed by atoms with E-state index in [0.717, 1.165) is 5.69 Å². The zero-order chi connectivity index (χ0) is 18.5. The summed E-state index contributed by atoms with van der Waals surface area (Å²) in [5.74, 6) is -0.905. The van der Waals surface area contributed by atoms with E-state index in [9.17, 15) is 14.4 Å². The Kier molecular flexibility index (Phi) is 5.17. The van der Waals surface area contributed by atoms with E-state index in [-0.39, 0.29) is 24.0 Å². The van der Waals surface area contributed by atoms with E-state index in [1.54, 1.807) is 29.2 Å². The molecular formula is C19H19N3O4. The number of nitrogens with one attached hydrogen (secondary N) is 1. The highest BCUT2D eigenvalue weighted by molar-refractivity contribution is 6.03. The molecule has 0 aromatic heterocycles. The summed E-state index contributed by atoms with van der Waals surface area (Å²) < 4.78 is 4.71. The van der Waals surface area contributed by atoms with Crippen molar-refractivity contribution in [3.8, 4) is 0 Å². The summed E-state index contributed by atoms with van der Waals surface area (Å²) in [6, 6.07) is 15.7. The van der Waals surface area contributed by atoms with E-state index in [0.29, 0.717) is 18.8 Å². The number of carbonyl (C=O) groups excluding carboxylic acids is 3. The first-order chi connectivity index (χ1) is 12.6. The summed E-state index contributed by atoms with van der Waals surface area (Å²) in [7, 11) is 1.28. The summed E-state index contributed by atoms with van der Waals surface area (Å²) in [5.41, 5.74) is 1.43. The van der Waals surface area contributed by atoms with Crippen LogP contribution in [0.4, 0.5) is 16.2 Å². The molecule has 134 valence electrons. The van der Waals surface area contributed by atoms with Gasteiger partial charge < -0.3 is 15.0 Å². The lowest BCUT2D eigenvalue weighted by Gasteiger charge is -2.18. The van der Waals surface area contributed by atoms with Gasteiger partial charge >= 0.3 is 12.0 Å². The third-order valence-corrected chi connectivity index (χ3v) is 4.10. The van der Waals surface area contributed by atoms with Gasteiger partial charge in [0, 0.05) is 18.8 Å². The van der Waals surface area contributed by atoms with Crippen LogP contribution in [0.2, 0.25) is 0 Å². The fourth-order valence-corrected chi connectivity index (χ4v) is 2.82. The Morgan fingerprint density at radius 1 is 1.04 bits per heavy atom. The van der Waals surface area contributed by atoms with Crippen LogP contribution in [0.3, 0.4) is 0 Å². The van der Waals surface area contributed by atoms with Gasteiger partial charge in [-0.15, -0.1) is 0 Å². The second-order valence-corrected chi connectivity index (χ2v) is 5.78. The second kappa shape index (κ2) is 7.69. The van der Waals surface area contributed by atoms with Gasteiger partial charge in [-0.2, -0.15) is 0 Å². The Hall–Kier alpha value is -3.35. The summed E-state index contributed by atoms with van der Waals surface area (Å²) in [6.45, 7) is 0.895. The number of anilines is 2. The van der Waals surface area contributed by atoms with Gasteiger partial charge in [-0.05, 0) is 24.3 Å². The van der Waals surface area contributed by atoms with Crippen molar-refractivity contribution in [3.63, 3.8) is 0 Å². The Labute approximate surface area is 151 Å². The van der Waals surface area contributed by atoms with Gasteiger partial charge in [-0.3, -0.25) is 9.69 Å². The van der Waals surface area contributed by atoms with Gasteiger partial charge in [0.2, 0.25) is 5.91 Å². The van der Waals surface area contributed by atoms with Gasteiger partial charge in [0.05, 0.1) is 18.4 Å². The molecule has 0 saturated carbocycles. The third kappa shape index (κ3) is 3.66. The molecule has 26 heavy (non-hydrogen) atoms. The minimum Gasteiger partial charge on any atom is -0.465 e. The number of ether oxygens (including phenoxy) is 1. The number of esters is 1. The Bertz CT molecular complexity index is 823. The van der Waals surface area contributed by atoms with Crippen LogP contribution in [0.5, 0.6) is 0 Å². The topological polar surface area (TPSA) is 79.0 Å². The minimum atomic E-state index is -0.534. The van der Waals surface area contributed by atoms with Gasteiger partial charge in [0.25, 0.3) is 0 Å². The number of nitrogens with zero attached hydrogens (tertiary/aromatic N) is 2. The molecule has 0 atom stereocenters. The highest BCUT2D eigenvalue weighted by atomic mass is 16.5. The molecule has 0 unspecified atom stereocenters. The molecule has 3 rings (SSSR count).